The fourth-order valence-electron chi connectivity index (χ4n) is 2.60. The molecule has 0 unspecified atom stereocenters. The molecule has 31 heavy (non-hydrogen) atoms. The van der Waals surface area contributed by atoms with Crippen LogP contribution in [0.4, 0.5) is 41.9 Å². The Hall–Kier alpha value is -3.60. The summed E-state index contributed by atoms with van der Waals surface area (Å²) in [4.78, 5) is 18.6. The van der Waals surface area contributed by atoms with Crippen molar-refractivity contribution in [1.29, 1.82) is 0 Å². The lowest BCUT2D eigenvalue weighted by atomic mass is 10.2. The van der Waals surface area contributed by atoms with Crippen molar-refractivity contribution in [3.05, 3.63) is 69.5 Å². The Labute approximate surface area is 179 Å². The van der Waals surface area contributed by atoms with E-state index in [0.29, 0.717) is 18.0 Å². The largest absolute Gasteiger partial charge is 0.494 e. The number of halogens is 4. The zero-order valence-corrected chi connectivity index (χ0v) is 16.7. The van der Waals surface area contributed by atoms with Crippen LogP contribution in [-0.2, 0) is 6.18 Å². The summed E-state index contributed by atoms with van der Waals surface area (Å²) in [6.45, 7) is 2.32. The molecule has 8 nitrogen and oxygen atoms in total. The molecule has 1 heterocycles. The van der Waals surface area contributed by atoms with Crippen LogP contribution in [0.5, 0.6) is 5.75 Å². The molecular formula is C19H15ClF3N5O3. The number of hydrogen-bond acceptors (Lipinski definition) is 7. The zero-order chi connectivity index (χ0) is 22.6. The van der Waals surface area contributed by atoms with E-state index in [1.807, 2.05) is 6.92 Å². The predicted molar refractivity (Wildman–Crippen MR) is 109 cm³/mol. The SMILES string of the molecule is CCOc1ccc(Nc2ncnc(Nc3cc(C(F)(F)F)ccc3Cl)c2[N+](=O)[O-])cc1. The summed E-state index contributed by atoms with van der Waals surface area (Å²) in [5, 5.41) is 16.9. The number of nitrogens with zero attached hydrogens (tertiary/aromatic N) is 3. The normalized spacial score (nSPS) is 11.1. The van der Waals surface area contributed by atoms with Crippen LogP contribution in [0.2, 0.25) is 5.02 Å². The van der Waals surface area contributed by atoms with Gasteiger partial charge in [-0.2, -0.15) is 13.2 Å². The van der Waals surface area contributed by atoms with Crippen molar-refractivity contribution in [3.63, 3.8) is 0 Å². The van der Waals surface area contributed by atoms with Gasteiger partial charge in [-0.1, -0.05) is 11.6 Å². The van der Waals surface area contributed by atoms with Crippen LogP contribution in [0.25, 0.3) is 0 Å². The van der Waals surface area contributed by atoms with Crippen LogP contribution in [-0.4, -0.2) is 21.5 Å². The summed E-state index contributed by atoms with van der Waals surface area (Å²) in [6, 6.07) is 9.19. The predicted octanol–water partition coefficient (Wildman–Crippen LogP) is 5.94. The van der Waals surface area contributed by atoms with Crippen LogP contribution >= 0.6 is 11.6 Å². The van der Waals surface area contributed by atoms with E-state index >= 15 is 0 Å². The van der Waals surface area contributed by atoms with Crippen molar-refractivity contribution < 1.29 is 22.8 Å². The summed E-state index contributed by atoms with van der Waals surface area (Å²) < 4.78 is 44.4. The van der Waals surface area contributed by atoms with Gasteiger partial charge >= 0.3 is 11.9 Å². The highest BCUT2D eigenvalue weighted by Crippen LogP contribution is 2.38. The third-order valence-electron chi connectivity index (χ3n) is 3.98. The lowest BCUT2D eigenvalue weighted by Crippen LogP contribution is -2.08. The number of ether oxygens (including phenoxy) is 1. The Morgan fingerprint density at radius 3 is 2.32 bits per heavy atom. The van der Waals surface area contributed by atoms with Gasteiger partial charge in [0.15, 0.2) is 0 Å². The number of nitro groups is 1. The summed E-state index contributed by atoms with van der Waals surface area (Å²) >= 11 is 5.97. The van der Waals surface area contributed by atoms with Crippen molar-refractivity contribution in [2.45, 2.75) is 13.1 Å². The number of rotatable bonds is 7. The molecule has 162 valence electrons. The van der Waals surface area contributed by atoms with E-state index in [4.69, 9.17) is 16.3 Å². The van der Waals surface area contributed by atoms with Gasteiger partial charge < -0.3 is 15.4 Å². The van der Waals surface area contributed by atoms with E-state index in [2.05, 4.69) is 20.6 Å². The highest BCUT2D eigenvalue weighted by molar-refractivity contribution is 6.33. The van der Waals surface area contributed by atoms with Crippen molar-refractivity contribution in [2.75, 3.05) is 17.2 Å². The Balaban J connectivity index is 1.95. The molecule has 1 aromatic heterocycles. The molecule has 2 N–H and O–H groups in total. The highest BCUT2D eigenvalue weighted by atomic mass is 35.5. The average molecular weight is 454 g/mol. The minimum absolute atomic E-state index is 0.0677. The molecule has 0 spiro atoms. The molecule has 0 atom stereocenters. The number of alkyl halides is 3. The summed E-state index contributed by atoms with van der Waals surface area (Å²) in [5.74, 6) is 0.135. The van der Waals surface area contributed by atoms with Gasteiger partial charge in [0.2, 0.25) is 11.6 Å². The van der Waals surface area contributed by atoms with Crippen LogP contribution < -0.4 is 15.4 Å². The van der Waals surface area contributed by atoms with Gasteiger partial charge in [-0.05, 0) is 49.4 Å². The Bertz CT molecular complexity index is 1090. The van der Waals surface area contributed by atoms with Gasteiger partial charge in [0.25, 0.3) is 0 Å². The maximum atomic E-state index is 13.0. The van der Waals surface area contributed by atoms with Gasteiger partial charge in [-0.3, -0.25) is 10.1 Å². The van der Waals surface area contributed by atoms with E-state index in [1.165, 1.54) is 0 Å². The molecule has 2 aromatic carbocycles. The minimum atomic E-state index is -4.61. The number of benzene rings is 2. The second-order valence-electron chi connectivity index (χ2n) is 6.08. The number of aromatic nitrogens is 2. The zero-order valence-electron chi connectivity index (χ0n) is 15.9. The van der Waals surface area contributed by atoms with E-state index < -0.39 is 22.4 Å². The Kier molecular flexibility index (Phi) is 6.44. The lowest BCUT2D eigenvalue weighted by Gasteiger charge is -2.13. The summed E-state index contributed by atoms with van der Waals surface area (Å²) in [5.41, 5.74) is -1.24. The maximum Gasteiger partial charge on any atom is 0.416 e. The Morgan fingerprint density at radius 2 is 1.74 bits per heavy atom. The molecule has 0 aliphatic heterocycles. The molecule has 0 amide bonds. The molecule has 12 heteroatoms. The fraction of sp³-hybridized carbons (Fsp3) is 0.158. The lowest BCUT2D eigenvalue weighted by molar-refractivity contribution is -0.383. The molecular weight excluding hydrogens is 439 g/mol. The summed E-state index contributed by atoms with van der Waals surface area (Å²) in [7, 11) is 0. The monoisotopic (exact) mass is 453 g/mol. The minimum Gasteiger partial charge on any atom is -0.494 e. The van der Waals surface area contributed by atoms with E-state index in [9.17, 15) is 23.3 Å². The maximum absolute atomic E-state index is 13.0. The Morgan fingerprint density at radius 1 is 1.10 bits per heavy atom. The van der Waals surface area contributed by atoms with Gasteiger partial charge in [0.1, 0.15) is 12.1 Å². The van der Waals surface area contributed by atoms with E-state index in [1.54, 1.807) is 24.3 Å². The van der Waals surface area contributed by atoms with Crippen LogP contribution in [0.3, 0.4) is 0 Å². The van der Waals surface area contributed by atoms with Gasteiger partial charge in [0.05, 0.1) is 27.8 Å². The molecule has 0 radical (unpaired) electrons. The molecule has 3 rings (SSSR count). The van der Waals surface area contributed by atoms with E-state index in [-0.39, 0.29) is 22.3 Å². The average Bonchev–Trinajstić information content (AvgIpc) is 2.70. The third-order valence-corrected chi connectivity index (χ3v) is 4.31. The first kappa shape index (κ1) is 22.1. The van der Waals surface area contributed by atoms with Crippen LogP contribution in [0.15, 0.2) is 48.8 Å². The van der Waals surface area contributed by atoms with Crippen LogP contribution in [0.1, 0.15) is 12.5 Å². The first-order valence-electron chi connectivity index (χ1n) is 8.82. The molecule has 0 bridgehead atoms. The molecule has 0 fully saturated rings. The smallest absolute Gasteiger partial charge is 0.416 e. The second-order valence-corrected chi connectivity index (χ2v) is 6.48. The number of nitrogens with one attached hydrogen (secondary N) is 2. The topological polar surface area (TPSA) is 102 Å². The van der Waals surface area contributed by atoms with Gasteiger partial charge in [-0.25, -0.2) is 9.97 Å². The molecule has 0 aliphatic carbocycles. The van der Waals surface area contributed by atoms with Crippen molar-refractivity contribution >= 4 is 40.3 Å². The van der Waals surface area contributed by atoms with E-state index in [0.717, 1.165) is 24.5 Å². The van der Waals surface area contributed by atoms with Crippen molar-refractivity contribution in [3.8, 4) is 5.75 Å². The van der Waals surface area contributed by atoms with Crippen LogP contribution in [0, 0.1) is 10.1 Å². The third kappa shape index (κ3) is 5.31. The first-order valence-corrected chi connectivity index (χ1v) is 9.20. The fourth-order valence-corrected chi connectivity index (χ4v) is 2.76. The molecule has 0 saturated carbocycles. The number of anilines is 4. The number of hydrogen-bond donors (Lipinski definition) is 2. The molecule has 0 aliphatic rings. The van der Waals surface area contributed by atoms with Crippen molar-refractivity contribution in [1.82, 2.24) is 9.97 Å². The summed E-state index contributed by atoms with van der Waals surface area (Å²) in [6.07, 6.45) is -3.58. The highest BCUT2D eigenvalue weighted by Gasteiger charge is 2.31. The second kappa shape index (κ2) is 9.04. The molecule has 3 aromatic rings. The van der Waals surface area contributed by atoms with Gasteiger partial charge in [-0.15, -0.1) is 0 Å². The molecule has 0 saturated heterocycles. The van der Waals surface area contributed by atoms with Crippen molar-refractivity contribution in [2.24, 2.45) is 0 Å². The quantitative estimate of drug-likeness (QED) is 0.337. The van der Waals surface area contributed by atoms with Gasteiger partial charge in [0, 0.05) is 5.69 Å². The first-order chi connectivity index (χ1) is 14.7. The standard InChI is InChI=1S/C19H15ClF3N5O3/c1-2-31-13-6-4-12(5-7-13)26-17-16(28(29)30)18(25-10-24-17)27-15-9-11(19(21,22)23)3-8-14(15)20/h3-10H,2H2,1H3,(H2,24,25,26,27).